The second-order valence-corrected chi connectivity index (χ2v) is 5.83. The summed E-state index contributed by atoms with van der Waals surface area (Å²) in [6.07, 6.45) is 1.01. The van der Waals surface area contributed by atoms with Crippen LogP contribution in [0.1, 0.15) is 4.88 Å². The highest BCUT2D eigenvalue weighted by Gasteiger charge is 1.95. The fourth-order valence-electron chi connectivity index (χ4n) is 1.60. The van der Waals surface area contributed by atoms with E-state index in [4.69, 9.17) is 4.74 Å². The molecule has 2 aromatic rings. The highest BCUT2D eigenvalue weighted by atomic mass is 79.9. The minimum absolute atomic E-state index is 0.734. The van der Waals surface area contributed by atoms with Crippen molar-refractivity contribution in [2.24, 2.45) is 0 Å². The van der Waals surface area contributed by atoms with Crippen LogP contribution in [0.2, 0.25) is 0 Å². The first-order valence-electron chi connectivity index (χ1n) is 5.94. The predicted octanol–water partition coefficient (Wildman–Crippen LogP) is 4.18. The molecule has 1 aromatic heterocycles. The summed E-state index contributed by atoms with van der Waals surface area (Å²) in [6.45, 7) is 2.36. The van der Waals surface area contributed by atoms with Crippen molar-refractivity contribution in [1.29, 1.82) is 0 Å². The van der Waals surface area contributed by atoms with E-state index in [0.717, 1.165) is 36.3 Å². The zero-order valence-electron chi connectivity index (χ0n) is 10.1. The van der Waals surface area contributed by atoms with Crippen LogP contribution >= 0.6 is 27.3 Å². The third-order valence-electron chi connectivity index (χ3n) is 2.47. The van der Waals surface area contributed by atoms with Gasteiger partial charge in [0.25, 0.3) is 0 Å². The summed E-state index contributed by atoms with van der Waals surface area (Å²) in [5, 5.41) is 5.43. The lowest BCUT2D eigenvalue weighted by atomic mass is 10.3. The average Bonchev–Trinajstić information content (AvgIpc) is 2.87. The van der Waals surface area contributed by atoms with Crippen LogP contribution in [0, 0.1) is 0 Å². The van der Waals surface area contributed by atoms with Gasteiger partial charge in [-0.25, -0.2) is 0 Å². The van der Waals surface area contributed by atoms with Crippen LogP contribution in [0.4, 0.5) is 5.69 Å². The summed E-state index contributed by atoms with van der Waals surface area (Å²) < 4.78 is 6.68. The first kappa shape index (κ1) is 13.6. The number of nitrogens with one attached hydrogen (secondary N) is 1. The Bertz CT molecular complexity index is 459. The molecule has 2 nitrogen and oxygen atoms in total. The molecule has 0 saturated heterocycles. The average molecular weight is 326 g/mol. The number of thiophene rings is 1. The van der Waals surface area contributed by atoms with Gasteiger partial charge in [-0.15, -0.1) is 11.3 Å². The van der Waals surface area contributed by atoms with Crippen molar-refractivity contribution >= 4 is 33.0 Å². The van der Waals surface area contributed by atoms with Crippen molar-refractivity contribution in [3.8, 4) is 0 Å². The van der Waals surface area contributed by atoms with E-state index in [0.29, 0.717) is 0 Å². The van der Waals surface area contributed by atoms with Crippen LogP contribution in [0.5, 0.6) is 0 Å². The van der Waals surface area contributed by atoms with E-state index in [1.54, 1.807) is 11.3 Å². The highest BCUT2D eigenvalue weighted by Crippen LogP contribution is 2.15. The fraction of sp³-hybridized carbons (Fsp3) is 0.286. The molecule has 0 amide bonds. The summed E-state index contributed by atoms with van der Waals surface area (Å²) >= 11 is 5.23. The van der Waals surface area contributed by atoms with Crippen molar-refractivity contribution in [1.82, 2.24) is 0 Å². The van der Waals surface area contributed by atoms with Crippen LogP contribution in [0.25, 0.3) is 0 Å². The molecule has 0 bridgehead atoms. The second-order valence-electron chi connectivity index (χ2n) is 3.88. The van der Waals surface area contributed by atoms with Gasteiger partial charge < -0.3 is 10.1 Å². The summed E-state index contributed by atoms with van der Waals surface area (Å²) in [5.41, 5.74) is 1.12. The lowest BCUT2D eigenvalue weighted by Crippen LogP contribution is -2.10. The summed E-state index contributed by atoms with van der Waals surface area (Å²) in [5.74, 6) is 0. The molecule has 2 rings (SSSR count). The van der Waals surface area contributed by atoms with Gasteiger partial charge in [-0.2, -0.15) is 0 Å². The van der Waals surface area contributed by atoms with E-state index in [1.165, 1.54) is 4.88 Å². The van der Waals surface area contributed by atoms with Gasteiger partial charge in [-0.1, -0.05) is 28.1 Å². The Balaban J connectivity index is 1.56. The van der Waals surface area contributed by atoms with Crippen LogP contribution in [0.3, 0.4) is 0 Å². The molecule has 0 spiro atoms. The molecule has 0 aliphatic carbocycles. The van der Waals surface area contributed by atoms with E-state index in [9.17, 15) is 0 Å². The number of hydrogen-bond donors (Lipinski definition) is 1. The molecule has 1 N–H and O–H groups in total. The SMILES string of the molecule is Brc1cccc(NCCOCCc2cccs2)c1. The molecule has 1 aromatic carbocycles. The van der Waals surface area contributed by atoms with Crippen molar-refractivity contribution < 1.29 is 4.74 Å². The van der Waals surface area contributed by atoms with Gasteiger partial charge >= 0.3 is 0 Å². The number of halogens is 1. The molecule has 1 heterocycles. The smallest absolute Gasteiger partial charge is 0.0639 e. The molecule has 0 aliphatic rings. The monoisotopic (exact) mass is 325 g/mol. The van der Waals surface area contributed by atoms with Gasteiger partial charge in [0, 0.05) is 28.0 Å². The first-order chi connectivity index (χ1) is 8.84. The van der Waals surface area contributed by atoms with Crippen molar-refractivity contribution in [2.75, 3.05) is 25.1 Å². The number of hydrogen-bond acceptors (Lipinski definition) is 3. The molecule has 0 fully saturated rings. The van der Waals surface area contributed by atoms with E-state index in [2.05, 4.69) is 50.9 Å². The molecule has 96 valence electrons. The van der Waals surface area contributed by atoms with Gasteiger partial charge in [0.05, 0.1) is 13.2 Å². The molecule has 0 unspecified atom stereocenters. The molecular formula is C14H16BrNOS. The largest absolute Gasteiger partial charge is 0.383 e. The quantitative estimate of drug-likeness (QED) is 0.771. The summed E-state index contributed by atoms with van der Waals surface area (Å²) in [6, 6.07) is 12.4. The molecular weight excluding hydrogens is 310 g/mol. The Morgan fingerprint density at radius 1 is 1.17 bits per heavy atom. The van der Waals surface area contributed by atoms with E-state index in [1.807, 2.05) is 12.1 Å². The number of anilines is 1. The Morgan fingerprint density at radius 3 is 2.89 bits per heavy atom. The van der Waals surface area contributed by atoms with E-state index in [-0.39, 0.29) is 0 Å². The number of benzene rings is 1. The van der Waals surface area contributed by atoms with Crippen molar-refractivity contribution in [3.63, 3.8) is 0 Å². The minimum Gasteiger partial charge on any atom is -0.383 e. The normalized spacial score (nSPS) is 10.5. The maximum Gasteiger partial charge on any atom is 0.0639 e. The topological polar surface area (TPSA) is 21.3 Å². The predicted molar refractivity (Wildman–Crippen MR) is 81.5 cm³/mol. The Morgan fingerprint density at radius 2 is 2.11 bits per heavy atom. The first-order valence-corrected chi connectivity index (χ1v) is 7.61. The van der Waals surface area contributed by atoms with Gasteiger partial charge in [-0.3, -0.25) is 0 Å². The van der Waals surface area contributed by atoms with Crippen LogP contribution in [-0.2, 0) is 11.2 Å². The highest BCUT2D eigenvalue weighted by molar-refractivity contribution is 9.10. The van der Waals surface area contributed by atoms with Gasteiger partial charge in [0.1, 0.15) is 0 Å². The van der Waals surface area contributed by atoms with Crippen molar-refractivity contribution in [2.45, 2.75) is 6.42 Å². The minimum atomic E-state index is 0.734. The number of ether oxygens (including phenoxy) is 1. The number of rotatable bonds is 7. The zero-order valence-corrected chi connectivity index (χ0v) is 12.5. The molecule has 0 saturated carbocycles. The zero-order chi connectivity index (χ0) is 12.6. The van der Waals surface area contributed by atoms with Crippen LogP contribution in [0.15, 0.2) is 46.3 Å². The van der Waals surface area contributed by atoms with E-state index >= 15 is 0 Å². The maximum absolute atomic E-state index is 5.59. The molecule has 0 aliphatic heterocycles. The Labute approximate surface area is 120 Å². The van der Waals surface area contributed by atoms with E-state index < -0.39 is 0 Å². The van der Waals surface area contributed by atoms with Crippen molar-refractivity contribution in [3.05, 3.63) is 51.1 Å². The van der Waals surface area contributed by atoms with Gasteiger partial charge in [0.2, 0.25) is 0 Å². The van der Waals surface area contributed by atoms with Crippen LogP contribution < -0.4 is 5.32 Å². The Hall–Kier alpha value is -0.840. The maximum atomic E-state index is 5.59. The summed E-state index contributed by atoms with van der Waals surface area (Å²) in [4.78, 5) is 1.38. The molecule has 18 heavy (non-hydrogen) atoms. The fourth-order valence-corrected chi connectivity index (χ4v) is 2.69. The third kappa shape index (κ3) is 4.80. The lowest BCUT2D eigenvalue weighted by Gasteiger charge is -2.07. The molecule has 4 heteroatoms. The standard InChI is InChI=1S/C14H16BrNOS/c15-12-3-1-4-13(11-12)16-7-9-17-8-6-14-5-2-10-18-14/h1-5,10-11,16H,6-9H2. The van der Waals surface area contributed by atoms with Gasteiger partial charge in [0.15, 0.2) is 0 Å². The summed E-state index contributed by atoms with van der Waals surface area (Å²) in [7, 11) is 0. The third-order valence-corrected chi connectivity index (χ3v) is 3.90. The lowest BCUT2D eigenvalue weighted by molar-refractivity contribution is 0.147. The Kier molecular flexibility index (Phi) is 5.71. The molecule has 0 radical (unpaired) electrons. The van der Waals surface area contributed by atoms with Crippen LogP contribution in [-0.4, -0.2) is 19.8 Å². The second kappa shape index (κ2) is 7.56. The van der Waals surface area contributed by atoms with Gasteiger partial charge in [-0.05, 0) is 29.6 Å². The molecule has 0 atom stereocenters.